The molecule has 1 aromatic rings. The quantitative estimate of drug-likeness (QED) is 0.767. The molecule has 0 saturated heterocycles. The Kier molecular flexibility index (Phi) is 4.84. The van der Waals surface area contributed by atoms with Gasteiger partial charge in [-0.1, -0.05) is 26.2 Å². The molecule has 0 atom stereocenters. The largest absolute Gasteiger partial charge is 0.333 e. The van der Waals surface area contributed by atoms with Crippen LogP contribution >= 0.6 is 11.8 Å². The molecule has 4 heteroatoms. The van der Waals surface area contributed by atoms with Crippen molar-refractivity contribution in [2.75, 3.05) is 5.75 Å². The van der Waals surface area contributed by atoms with Gasteiger partial charge in [0.2, 0.25) is 0 Å². The minimum absolute atomic E-state index is 0.227. The maximum atomic E-state index is 13.0. The number of hydrogen-bond acceptors (Lipinski definition) is 3. The van der Waals surface area contributed by atoms with Gasteiger partial charge in [0, 0.05) is 23.8 Å². The smallest absolute Gasteiger partial charge is 0.254 e. The van der Waals surface area contributed by atoms with E-state index in [1.807, 2.05) is 12.1 Å². The summed E-state index contributed by atoms with van der Waals surface area (Å²) < 4.78 is 0. The molecule has 1 aromatic heterocycles. The highest BCUT2D eigenvalue weighted by molar-refractivity contribution is 7.99. The number of amides is 1. The van der Waals surface area contributed by atoms with Crippen LogP contribution in [0.5, 0.6) is 0 Å². The van der Waals surface area contributed by atoms with Crippen LogP contribution in [0.15, 0.2) is 23.4 Å². The predicted molar refractivity (Wildman–Crippen MR) is 86.7 cm³/mol. The third kappa shape index (κ3) is 3.60. The van der Waals surface area contributed by atoms with E-state index < -0.39 is 0 Å². The summed E-state index contributed by atoms with van der Waals surface area (Å²) in [6.07, 6.45) is 10.4. The van der Waals surface area contributed by atoms with E-state index in [1.54, 1.807) is 18.0 Å². The Morgan fingerprint density at radius 3 is 2.62 bits per heavy atom. The highest BCUT2D eigenvalue weighted by Gasteiger charge is 2.38. The minimum atomic E-state index is 0.227. The summed E-state index contributed by atoms with van der Waals surface area (Å²) in [7, 11) is 0. The molecule has 2 aliphatic carbocycles. The maximum Gasteiger partial charge on any atom is 0.254 e. The van der Waals surface area contributed by atoms with Crippen LogP contribution in [0.4, 0.5) is 0 Å². The van der Waals surface area contributed by atoms with Gasteiger partial charge in [0.05, 0.1) is 5.03 Å². The van der Waals surface area contributed by atoms with Gasteiger partial charge < -0.3 is 4.90 Å². The van der Waals surface area contributed by atoms with Crippen LogP contribution in [0, 0.1) is 0 Å². The second-order valence-corrected chi connectivity index (χ2v) is 7.34. The van der Waals surface area contributed by atoms with E-state index in [2.05, 4.69) is 16.8 Å². The Balaban J connectivity index is 1.78. The number of hydrogen-bond donors (Lipinski definition) is 0. The minimum Gasteiger partial charge on any atom is -0.333 e. The number of nitrogens with zero attached hydrogens (tertiary/aromatic N) is 2. The van der Waals surface area contributed by atoms with E-state index in [-0.39, 0.29) is 5.91 Å². The van der Waals surface area contributed by atoms with Gasteiger partial charge in [0.15, 0.2) is 0 Å². The lowest BCUT2D eigenvalue weighted by Gasteiger charge is -2.34. The summed E-state index contributed by atoms with van der Waals surface area (Å²) in [5, 5.41) is 0.961. The van der Waals surface area contributed by atoms with Crippen LogP contribution in [-0.4, -0.2) is 33.6 Å². The first-order valence-corrected chi connectivity index (χ1v) is 9.19. The first-order chi connectivity index (χ1) is 10.3. The molecule has 2 aliphatic rings. The van der Waals surface area contributed by atoms with Crippen molar-refractivity contribution in [2.24, 2.45) is 0 Å². The molecular formula is C17H24N2OS. The van der Waals surface area contributed by atoms with Crippen LogP contribution in [0.25, 0.3) is 0 Å². The first kappa shape index (κ1) is 14.9. The van der Waals surface area contributed by atoms with Gasteiger partial charge in [-0.3, -0.25) is 4.79 Å². The van der Waals surface area contributed by atoms with Crippen LogP contribution in [0.1, 0.15) is 62.2 Å². The van der Waals surface area contributed by atoms with Crippen LogP contribution < -0.4 is 0 Å². The molecule has 1 heterocycles. The van der Waals surface area contributed by atoms with Crippen molar-refractivity contribution < 1.29 is 4.79 Å². The van der Waals surface area contributed by atoms with Crippen LogP contribution in [-0.2, 0) is 0 Å². The lowest BCUT2D eigenvalue weighted by atomic mass is 9.93. The average Bonchev–Trinajstić information content (AvgIpc) is 3.34. The van der Waals surface area contributed by atoms with E-state index in [1.165, 1.54) is 44.9 Å². The lowest BCUT2D eigenvalue weighted by molar-refractivity contribution is 0.0613. The van der Waals surface area contributed by atoms with Gasteiger partial charge in [-0.2, -0.15) is 0 Å². The molecule has 1 amide bonds. The summed E-state index contributed by atoms with van der Waals surface area (Å²) in [4.78, 5) is 19.5. The topological polar surface area (TPSA) is 33.2 Å². The van der Waals surface area contributed by atoms with E-state index in [4.69, 9.17) is 0 Å². The molecule has 3 nitrogen and oxygen atoms in total. The Labute approximate surface area is 131 Å². The average molecular weight is 304 g/mol. The Morgan fingerprint density at radius 1 is 1.24 bits per heavy atom. The zero-order chi connectivity index (χ0) is 14.7. The Morgan fingerprint density at radius 2 is 1.95 bits per heavy atom. The molecule has 0 aliphatic heterocycles. The number of aromatic nitrogens is 1. The fourth-order valence-electron chi connectivity index (χ4n) is 3.26. The van der Waals surface area contributed by atoms with Gasteiger partial charge >= 0.3 is 0 Å². The van der Waals surface area contributed by atoms with Crippen molar-refractivity contribution in [3.8, 4) is 0 Å². The van der Waals surface area contributed by atoms with Crippen molar-refractivity contribution >= 4 is 17.7 Å². The van der Waals surface area contributed by atoms with Crippen molar-refractivity contribution in [1.29, 1.82) is 0 Å². The fraction of sp³-hybridized carbons (Fsp3) is 0.647. The molecule has 114 valence electrons. The molecule has 3 rings (SSSR count). The van der Waals surface area contributed by atoms with Crippen molar-refractivity contribution in [2.45, 2.75) is 69.0 Å². The second-order valence-electron chi connectivity index (χ2n) is 6.05. The molecule has 21 heavy (non-hydrogen) atoms. The highest BCUT2D eigenvalue weighted by Crippen LogP contribution is 2.35. The van der Waals surface area contributed by atoms with Crippen molar-refractivity contribution in [3.63, 3.8) is 0 Å². The molecule has 0 bridgehead atoms. The molecule has 2 saturated carbocycles. The van der Waals surface area contributed by atoms with E-state index in [0.717, 1.165) is 16.3 Å². The zero-order valence-corrected chi connectivity index (χ0v) is 13.6. The number of pyridine rings is 1. The number of rotatable bonds is 5. The van der Waals surface area contributed by atoms with Crippen molar-refractivity contribution in [1.82, 2.24) is 9.88 Å². The van der Waals surface area contributed by atoms with Gasteiger partial charge in [-0.25, -0.2) is 4.98 Å². The number of thioether (sulfide) groups is 1. The van der Waals surface area contributed by atoms with E-state index >= 15 is 0 Å². The van der Waals surface area contributed by atoms with Gasteiger partial charge in [0.1, 0.15) is 0 Å². The van der Waals surface area contributed by atoms with Gasteiger partial charge in [-0.05, 0) is 43.6 Å². The Hall–Kier alpha value is -1.03. The first-order valence-electron chi connectivity index (χ1n) is 8.21. The van der Waals surface area contributed by atoms with Crippen molar-refractivity contribution in [3.05, 3.63) is 23.9 Å². The van der Waals surface area contributed by atoms with Gasteiger partial charge in [0.25, 0.3) is 5.91 Å². The highest BCUT2D eigenvalue weighted by atomic mass is 32.2. The third-order valence-corrected chi connectivity index (χ3v) is 5.22. The van der Waals surface area contributed by atoms with E-state index in [9.17, 15) is 4.79 Å². The monoisotopic (exact) mass is 304 g/mol. The number of carbonyl (C=O) groups excluding carboxylic acids is 1. The van der Waals surface area contributed by atoms with Crippen LogP contribution in [0.2, 0.25) is 0 Å². The molecule has 0 spiro atoms. The maximum absolute atomic E-state index is 13.0. The molecule has 0 unspecified atom stereocenters. The summed E-state index contributed by atoms with van der Waals surface area (Å²) >= 11 is 1.70. The second kappa shape index (κ2) is 6.82. The fourth-order valence-corrected chi connectivity index (χ4v) is 3.90. The van der Waals surface area contributed by atoms with Gasteiger partial charge in [-0.15, -0.1) is 11.8 Å². The third-order valence-electron chi connectivity index (χ3n) is 4.42. The molecule has 0 aromatic carbocycles. The normalized spacial score (nSPS) is 19.5. The zero-order valence-electron chi connectivity index (χ0n) is 12.8. The van der Waals surface area contributed by atoms with Crippen LogP contribution in [0.3, 0.4) is 0 Å². The van der Waals surface area contributed by atoms with E-state index in [0.29, 0.717) is 12.1 Å². The SMILES string of the molecule is CCSc1cc(C(=O)N(C2CCCCC2)C2CC2)ccn1. The standard InChI is InChI=1S/C17H24N2OS/c1-2-21-16-12-13(10-11-18-16)17(20)19(15-8-9-15)14-6-4-3-5-7-14/h10-12,14-15H,2-9H2,1H3. The number of carbonyl (C=O) groups is 1. The molecule has 0 radical (unpaired) electrons. The summed E-state index contributed by atoms with van der Waals surface area (Å²) in [5.74, 6) is 1.21. The summed E-state index contributed by atoms with van der Waals surface area (Å²) in [5.41, 5.74) is 0.818. The lowest BCUT2D eigenvalue weighted by Crippen LogP contribution is -2.43. The molecular weight excluding hydrogens is 280 g/mol. The predicted octanol–water partition coefficient (Wildman–Crippen LogP) is 4.13. The summed E-state index contributed by atoms with van der Waals surface area (Å²) in [6, 6.07) is 4.81. The molecule has 0 N–H and O–H groups in total. The molecule has 2 fully saturated rings. The summed E-state index contributed by atoms with van der Waals surface area (Å²) in [6.45, 7) is 2.11. The Bertz CT molecular complexity index is 495.